The summed E-state index contributed by atoms with van der Waals surface area (Å²) in [5.74, 6) is -0.443. The number of rotatable bonds is 8. The number of allylic oxidation sites excluding steroid dienone is 1. The van der Waals surface area contributed by atoms with Crippen LogP contribution in [0.1, 0.15) is 74.7 Å². The van der Waals surface area contributed by atoms with Gasteiger partial charge in [0.15, 0.2) is 5.78 Å². The van der Waals surface area contributed by atoms with Gasteiger partial charge in [-0.25, -0.2) is 4.52 Å². The molecule has 0 amide bonds. The summed E-state index contributed by atoms with van der Waals surface area (Å²) >= 11 is 0. The fourth-order valence-electron chi connectivity index (χ4n) is 4.16. The van der Waals surface area contributed by atoms with Gasteiger partial charge in [-0.05, 0) is 45.4 Å². The molecule has 28 heavy (non-hydrogen) atoms. The Bertz CT molecular complexity index is 744. The number of alkyl halides is 2. The number of benzene rings is 1. The van der Waals surface area contributed by atoms with Crippen LogP contribution in [0.15, 0.2) is 35.4 Å². The number of hydrogen-bond donors (Lipinski definition) is 1. The first-order valence-corrected chi connectivity index (χ1v) is 11.1. The minimum absolute atomic E-state index is 0.0642. The lowest BCUT2D eigenvalue weighted by atomic mass is 9.68. The molecule has 1 N–H and O–H groups in total. The molecule has 0 spiro atoms. The van der Waals surface area contributed by atoms with E-state index < -0.39 is 25.6 Å². The molecule has 0 aromatic heterocycles. The van der Waals surface area contributed by atoms with Crippen molar-refractivity contribution in [2.75, 3.05) is 0 Å². The Morgan fingerprint density at radius 3 is 2.11 bits per heavy atom. The van der Waals surface area contributed by atoms with Crippen LogP contribution in [0.4, 0.5) is 8.78 Å². The topological polar surface area (TPSA) is 63.6 Å². The molecule has 4 nitrogen and oxygen atoms in total. The fourth-order valence-corrected chi connectivity index (χ4v) is 4.58. The van der Waals surface area contributed by atoms with E-state index in [1.165, 1.54) is 0 Å². The predicted octanol–water partition coefficient (Wildman–Crippen LogP) is 6.24. The summed E-state index contributed by atoms with van der Waals surface area (Å²) in [5, 5.41) is 0. The highest BCUT2D eigenvalue weighted by Gasteiger charge is 2.58. The van der Waals surface area contributed by atoms with Crippen molar-refractivity contribution in [3.8, 4) is 0 Å². The lowest BCUT2D eigenvalue weighted by Gasteiger charge is -2.41. The van der Waals surface area contributed by atoms with E-state index in [2.05, 4.69) is 4.52 Å². The van der Waals surface area contributed by atoms with Crippen molar-refractivity contribution < 1.29 is 27.6 Å². The van der Waals surface area contributed by atoms with Gasteiger partial charge in [0.1, 0.15) is 0 Å². The summed E-state index contributed by atoms with van der Waals surface area (Å²) < 4.78 is 45.8. The minimum atomic E-state index is -3.93. The van der Waals surface area contributed by atoms with Crippen LogP contribution < -0.4 is 0 Å². The van der Waals surface area contributed by atoms with Crippen molar-refractivity contribution in [1.82, 2.24) is 0 Å². The molecule has 0 aliphatic heterocycles. The number of carbonyl (C=O) groups is 1. The van der Waals surface area contributed by atoms with Crippen molar-refractivity contribution in [2.45, 2.75) is 71.8 Å². The summed E-state index contributed by atoms with van der Waals surface area (Å²) in [5.41, 5.74) is 0.145. The number of Topliss-reactive ketones (excluding diaryl/α,β-unsaturated/α-hetero) is 1. The Kier molecular flexibility index (Phi) is 7.72. The molecule has 1 saturated carbocycles. The van der Waals surface area contributed by atoms with Crippen LogP contribution in [0.3, 0.4) is 0 Å². The van der Waals surface area contributed by atoms with Gasteiger partial charge in [-0.15, -0.1) is 0 Å². The molecule has 0 heterocycles. The van der Waals surface area contributed by atoms with Crippen LogP contribution in [0.5, 0.6) is 0 Å². The van der Waals surface area contributed by atoms with Gasteiger partial charge in [-0.1, -0.05) is 55.7 Å². The van der Waals surface area contributed by atoms with Gasteiger partial charge < -0.3 is 4.89 Å². The van der Waals surface area contributed by atoms with Crippen LogP contribution in [0.25, 0.3) is 0 Å². The molecule has 2 rings (SSSR count). The third-order valence-electron chi connectivity index (χ3n) is 5.81. The molecule has 1 unspecified atom stereocenters. The molecular weight excluding hydrogens is 385 g/mol. The molecule has 0 radical (unpaired) electrons. The second kappa shape index (κ2) is 9.43. The van der Waals surface area contributed by atoms with Crippen LogP contribution in [0, 0.1) is 12.3 Å². The first-order valence-electron chi connectivity index (χ1n) is 9.82. The maximum absolute atomic E-state index is 15.2. The fraction of sp³-hybridized carbons (Fsp3) is 0.571. The van der Waals surface area contributed by atoms with Crippen molar-refractivity contribution in [2.24, 2.45) is 5.41 Å². The monoisotopic (exact) mass is 414 g/mol. The van der Waals surface area contributed by atoms with Crippen LogP contribution in [-0.2, 0) is 9.09 Å². The molecule has 0 saturated heterocycles. The molecule has 1 aromatic rings. The zero-order chi connectivity index (χ0) is 20.9. The van der Waals surface area contributed by atoms with Gasteiger partial charge in [0.05, 0.1) is 5.41 Å². The Morgan fingerprint density at radius 2 is 1.64 bits per heavy atom. The van der Waals surface area contributed by atoms with E-state index in [1.807, 2.05) is 6.92 Å². The second-order valence-electron chi connectivity index (χ2n) is 7.41. The summed E-state index contributed by atoms with van der Waals surface area (Å²) in [7, 11) is -3.89. The van der Waals surface area contributed by atoms with Gasteiger partial charge >= 0.3 is 14.4 Å². The van der Waals surface area contributed by atoms with Crippen molar-refractivity contribution in [1.29, 1.82) is 0 Å². The average molecular weight is 414 g/mol. The van der Waals surface area contributed by atoms with Crippen molar-refractivity contribution in [3.05, 3.63) is 46.5 Å². The van der Waals surface area contributed by atoms with Crippen molar-refractivity contribution >= 4 is 14.0 Å². The molecule has 1 aromatic carbocycles. The van der Waals surface area contributed by atoms with Gasteiger partial charge in [0, 0.05) is 11.1 Å². The van der Waals surface area contributed by atoms with Crippen LogP contribution in [-0.4, -0.2) is 16.8 Å². The Balaban J connectivity index is 2.69. The number of ketones is 1. The lowest BCUT2D eigenvalue weighted by molar-refractivity contribution is -0.248. The van der Waals surface area contributed by atoms with Gasteiger partial charge in [-0.3, -0.25) is 9.36 Å². The number of aryl methyl sites for hydroxylation is 1. The zero-order valence-corrected chi connectivity index (χ0v) is 17.7. The molecule has 1 atom stereocenters. The second-order valence-corrected chi connectivity index (χ2v) is 8.14. The molecule has 1 aliphatic rings. The maximum Gasteiger partial charge on any atom is 0.372 e. The van der Waals surface area contributed by atoms with E-state index in [0.717, 1.165) is 30.4 Å². The van der Waals surface area contributed by atoms with Crippen LogP contribution in [0.2, 0.25) is 0 Å². The van der Waals surface area contributed by atoms with E-state index in [1.54, 1.807) is 38.1 Å². The quantitative estimate of drug-likeness (QED) is 0.311. The highest BCUT2D eigenvalue weighted by Crippen LogP contribution is 2.54. The Labute approximate surface area is 165 Å². The smallest absolute Gasteiger partial charge is 0.326 e. The molecule has 0 bridgehead atoms. The minimum Gasteiger partial charge on any atom is -0.326 e. The standard InChI is InChI=1S/C21H29F2O4P/c1-4-20(5-2,21(22,23)27-28(25)26)18(16-9-7-6-8-10-16)19(24)17-13-11-15(3)12-14-17/h11-14,28H,4-10H2,1-3H3,(H,25,26). The summed E-state index contributed by atoms with van der Waals surface area (Å²) in [6.45, 7) is 5.03. The molecular formula is C21H29F2O4P. The summed E-state index contributed by atoms with van der Waals surface area (Å²) in [6, 6.07) is 6.84. The van der Waals surface area contributed by atoms with E-state index in [-0.39, 0.29) is 18.4 Å². The van der Waals surface area contributed by atoms with E-state index in [0.29, 0.717) is 18.4 Å². The third kappa shape index (κ3) is 4.61. The largest absolute Gasteiger partial charge is 0.372 e. The average Bonchev–Trinajstić information content (AvgIpc) is 2.65. The maximum atomic E-state index is 15.2. The third-order valence-corrected chi connectivity index (χ3v) is 6.24. The number of halogens is 2. The number of carbonyl (C=O) groups excluding carboxylic acids is 1. The van der Waals surface area contributed by atoms with Gasteiger partial charge in [-0.2, -0.15) is 8.78 Å². The molecule has 1 fully saturated rings. The zero-order valence-electron chi connectivity index (χ0n) is 16.7. The SMILES string of the molecule is CCC(CC)(C(C(=O)c1ccc(C)cc1)=C1CCCCC1)C(F)(F)O[PH](=O)O. The van der Waals surface area contributed by atoms with E-state index in [9.17, 15) is 9.36 Å². The summed E-state index contributed by atoms with van der Waals surface area (Å²) in [4.78, 5) is 22.5. The number of hydrogen-bond acceptors (Lipinski definition) is 3. The van der Waals surface area contributed by atoms with E-state index >= 15 is 8.78 Å². The highest BCUT2D eigenvalue weighted by molar-refractivity contribution is 7.32. The molecule has 1 aliphatic carbocycles. The summed E-state index contributed by atoms with van der Waals surface area (Å²) in [6.07, 6.45) is -0.249. The van der Waals surface area contributed by atoms with Crippen molar-refractivity contribution in [3.63, 3.8) is 0 Å². The first-order chi connectivity index (χ1) is 13.2. The van der Waals surface area contributed by atoms with Gasteiger partial charge in [0.2, 0.25) is 0 Å². The molecule has 156 valence electrons. The normalized spacial score (nSPS) is 16.7. The Morgan fingerprint density at radius 1 is 1.11 bits per heavy atom. The van der Waals surface area contributed by atoms with Crippen LogP contribution >= 0.6 is 8.25 Å². The lowest BCUT2D eigenvalue weighted by Crippen LogP contribution is -2.46. The first kappa shape index (κ1) is 22.9. The molecule has 7 heteroatoms. The Hall–Kier alpha value is -1.36. The van der Waals surface area contributed by atoms with E-state index in [4.69, 9.17) is 4.89 Å². The predicted molar refractivity (Wildman–Crippen MR) is 106 cm³/mol. The highest BCUT2D eigenvalue weighted by atomic mass is 31.1. The van der Waals surface area contributed by atoms with Gasteiger partial charge in [0.25, 0.3) is 0 Å².